The molecule has 2 atom stereocenters. The molecule has 3 aromatic rings. The third kappa shape index (κ3) is 5.65. The molecule has 0 unspecified atom stereocenters. The number of ether oxygens (including phenoxy) is 1. The molecule has 1 aromatic heterocycles. The lowest BCUT2D eigenvalue weighted by molar-refractivity contribution is -0.126. The zero-order valence-electron chi connectivity index (χ0n) is 22.3. The summed E-state index contributed by atoms with van der Waals surface area (Å²) in [5.41, 5.74) is 2.98. The number of benzene rings is 2. The van der Waals surface area contributed by atoms with Gasteiger partial charge in [-0.25, -0.2) is 14.4 Å². The number of aryl methyl sites for hydroxylation is 1. The van der Waals surface area contributed by atoms with Crippen LogP contribution in [-0.2, 0) is 16.1 Å². The fourth-order valence-electron chi connectivity index (χ4n) is 5.04. The lowest BCUT2D eigenvalue weighted by Gasteiger charge is -2.26. The van der Waals surface area contributed by atoms with Crippen LogP contribution in [0.15, 0.2) is 42.6 Å². The smallest absolute Gasteiger partial charge is 0.255 e. The SMILES string of the molecule is Cc1cccc([C@@H](CO)NC(=O)[C@@H](C)N2Cc3ccc(-c4nc(NC5CCOCC5)ncc4Cl)cc3C2=O)c1F. The number of hydrogen-bond donors (Lipinski definition) is 3. The summed E-state index contributed by atoms with van der Waals surface area (Å²) in [6, 6.07) is 8.61. The fourth-order valence-corrected chi connectivity index (χ4v) is 5.24. The molecule has 2 aromatic carbocycles. The first-order valence-electron chi connectivity index (χ1n) is 13.2. The number of halogens is 2. The summed E-state index contributed by atoms with van der Waals surface area (Å²) in [6.07, 6.45) is 3.25. The van der Waals surface area contributed by atoms with Crippen molar-refractivity contribution in [1.29, 1.82) is 0 Å². The minimum atomic E-state index is -0.939. The Morgan fingerprint density at radius 2 is 2.05 bits per heavy atom. The van der Waals surface area contributed by atoms with E-state index in [-0.39, 0.29) is 24.1 Å². The Kier molecular flexibility index (Phi) is 8.30. The third-order valence-electron chi connectivity index (χ3n) is 7.46. The maximum atomic E-state index is 14.6. The summed E-state index contributed by atoms with van der Waals surface area (Å²) in [7, 11) is 0. The fraction of sp³-hybridized carbons (Fsp3) is 0.379. The molecular formula is C29H31ClFN5O4. The van der Waals surface area contributed by atoms with Crippen molar-refractivity contribution in [3.8, 4) is 11.3 Å². The highest BCUT2D eigenvalue weighted by Crippen LogP contribution is 2.32. The average Bonchev–Trinajstić information content (AvgIpc) is 3.30. The second-order valence-electron chi connectivity index (χ2n) is 10.1. The van der Waals surface area contributed by atoms with Gasteiger partial charge in [0.05, 0.1) is 29.6 Å². The van der Waals surface area contributed by atoms with Crippen LogP contribution >= 0.6 is 11.6 Å². The average molecular weight is 568 g/mol. The summed E-state index contributed by atoms with van der Waals surface area (Å²) in [6.45, 7) is 4.34. The second-order valence-corrected chi connectivity index (χ2v) is 10.5. The number of nitrogens with zero attached hydrogens (tertiary/aromatic N) is 3. The lowest BCUT2D eigenvalue weighted by atomic mass is 10.0. The predicted octanol–water partition coefficient (Wildman–Crippen LogP) is 4.03. The Bertz CT molecular complexity index is 1430. The molecule has 3 heterocycles. The topological polar surface area (TPSA) is 117 Å². The zero-order valence-corrected chi connectivity index (χ0v) is 23.0. The molecule has 5 rings (SSSR count). The number of aromatic nitrogens is 2. The highest BCUT2D eigenvalue weighted by molar-refractivity contribution is 6.33. The van der Waals surface area contributed by atoms with Gasteiger partial charge in [-0.3, -0.25) is 9.59 Å². The number of carbonyl (C=O) groups is 2. The number of aliphatic hydroxyl groups is 1. The number of amides is 2. The van der Waals surface area contributed by atoms with Crippen LogP contribution in [0.5, 0.6) is 0 Å². The summed E-state index contributed by atoms with van der Waals surface area (Å²) in [5.74, 6) is -0.841. The zero-order chi connectivity index (χ0) is 28.4. The van der Waals surface area contributed by atoms with Gasteiger partial charge in [-0.05, 0) is 43.9 Å². The van der Waals surface area contributed by atoms with E-state index in [4.69, 9.17) is 16.3 Å². The number of anilines is 1. The molecule has 210 valence electrons. The Morgan fingerprint density at radius 1 is 1.27 bits per heavy atom. The number of carbonyl (C=O) groups excluding carboxylic acids is 2. The molecule has 3 N–H and O–H groups in total. The molecular weight excluding hydrogens is 537 g/mol. The molecule has 0 bridgehead atoms. The molecule has 11 heteroatoms. The Labute approximate surface area is 236 Å². The third-order valence-corrected chi connectivity index (χ3v) is 7.73. The van der Waals surface area contributed by atoms with Crippen molar-refractivity contribution in [3.63, 3.8) is 0 Å². The van der Waals surface area contributed by atoms with Crippen molar-refractivity contribution in [2.75, 3.05) is 25.1 Å². The van der Waals surface area contributed by atoms with E-state index >= 15 is 0 Å². The first-order valence-corrected chi connectivity index (χ1v) is 13.6. The van der Waals surface area contributed by atoms with E-state index in [2.05, 4.69) is 20.6 Å². The molecule has 2 aliphatic heterocycles. The maximum Gasteiger partial charge on any atom is 0.255 e. The lowest BCUT2D eigenvalue weighted by Crippen LogP contribution is -2.47. The first-order chi connectivity index (χ1) is 19.3. The summed E-state index contributed by atoms with van der Waals surface area (Å²) >= 11 is 6.45. The van der Waals surface area contributed by atoms with Crippen molar-refractivity contribution in [2.24, 2.45) is 0 Å². The van der Waals surface area contributed by atoms with Crippen molar-refractivity contribution >= 4 is 29.4 Å². The highest BCUT2D eigenvalue weighted by atomic mass is 35.5. The van der Waals surface area contributed by atoms with Crippen LogP contribution in [-0.4, -0.2) is 63.7 Å². The number of hydrogen-bond acceptors (Lipinski definition) is 7. The van der Waals surface area contributed by atoms with E-state index in [0.717, 1.165) is 18.4 Å². The molecule has 0 aliphatic carbocycles. The monoisotopic (exact) mass is 567 g/mol. The Morgan fingerprint density at radius 3 is 2.80 bits per heavy atom. The van der Waals surface area contributed by atoms with Crippen LogP contribution in [0.4, 0.5) is 10.3 Å². The van der Waals surface area contributed by atoms with Gasteiger partial charge < -0.3 is 25.4 Å². The Balaban J connectivity index is 1.31. The molecule has 1 fully saturated rings. The van der Waals surface area contributed by atoms with Gasteiger partial charge in [0.15, 0.2) is 0 Å². The summed E-state index contributed by atoms with van der Waals surface area (Å²) < 4.78 is 20.0. The maximum absolute atomic E-state index is 14.6. The van der Waals surface area contributed by atoms with E-state index in [1.54, 1.807) is 32.0 Å². The van der Waals surface area contributed by atoms with Crippen molar-refractivity contribution < 1.29 is 23.8 Å². The van der Waals surface area contributed by atoms with Crippen molar-refractivity contribution in [1.82, 2.24) is 20.2 Å². The standard InChI is InChI=1S/C29H31ClFN5O4/c1-16-4-3-5-21(25(16)31)24(15-37)34-27(38)17(2)36-14-19-7-6-18(12-22(19)28(36)39)26-23(30)13-32-29(35-26)33-20-8-10-40-11-9-20/h3-7,12-13,17,20,24,37H,8-11,14-15H2,1-2H3,(H,34,38)(H,32,33,35)/t17-,24-/m1/s1. The predicted molar refractivity (Wildman–Crippen MR) is 148 cm³/mol. The van der Waals surface area contributed by atoms with Crippen LogP contribution in [0.25, 0.3) is 11.3 Å². The van der Waals surface area contributed by atoms with Crippen LogP contribution in [0.3, 0.4) is 0 Å². The van der Waals surface area contributed by atoms with Gasteiger partial charge in [-0.15, -0.1) is 0 Å². The van der Waals surface area contributed by atoms with Crippen molar-refractivity contribution in [3.05, 3.63) is 75.7 Å². The summed E-state index contributed by atoms with van der Waals surface area (Å²) in [4.78, 5) is 36.9. The molecule has 1 saturated heterocycles. The van der Waals surface area contributed by atoms with E-state index in [0.29, 0.717) is 46.6 Å². The van der Waals surface area contributed by atoms with E-state index in [9.17, 15) is 19.1 Å². The van der Waals surface area contributed by atoms with Crippen LogP contribution in [0.1, 0.15) is 52.9 Å². The minimum absolute atomic E-state index is 0.191. The van der Waals surface area contributed by atoms with Gasteiger partial charge in [-0.2, -0.15) is 0 Å². The van der Waals surface area contributed by atoms with Gasteiger partial charge >= 0.3 is 0 Å². The molecule has 2 aliphatic rings. The van der Waals surface area contributed by atoms with Gasteiger partial charge in [0.1, 0.15) is 11.9 Å². The first kappa shape index (κ1) is 27.9. The largest absolute Gasteiger partial charge is 0.394 e. The van der Waals surface area contributed by atoms with Gasteiger partial charge in [0, 0.05) is 42.5 Å². The van der Waals surface area contributed by atoms with Gasteiger partial charge in [0.2, 0.25) is 11.9 Å². The van der Waals surface area contributed by atoms with Crippen molar-refractivity contribution in [2.45, 2.75) is 51.4 Å². The van der Waals surface area contributed by atoms with Crippen LogP contribution in [0, 0.1) is 12.7 Å². The number of nitrogens with one attached hydrogen (secondary N) is 2. The summed E-state index contributed by atoms with van der Waals surface area (Å²) in [5, 5.41) is 16.2. The van der Waals surface area contributed by atoms with E-state index in [1.807, 2.05) is 12.1 Å². The number of fused-ring (bicyclic) bond motifs is 1. The molecule has 0 spiro atoms. The van der Waals surface area contributed by atoms with Gasteiger partial charge in [-0.1, -0.05) is 41.9 Å². The highest BCUT2D eigenvalue weighted by Gasteiger charge is 2.35. The van der Waals surface area contributed by atoms with Crippen LogP contribution in [0.2, 0.25) is 5.02 Å². The molecule has 40 heavy (non-hydrogen) atoms. The molecule has 0 saturated carbocycles. The van der Waals surface area contributed by atoms with E-state index < -0.39 is 30.4 Å². The number of aliphatic hydroxyl groups excluding tert-OH is 1. The molecule has 9 nitrogen and oxygen atoms in total. The number of rotatable bonds is 8. The van der Waals surface area contributed by atoms with Gasteiger partial charge in [0.25, 0.3) is 5.91 Å². The minimum Gasteiger partial charge on any atom is -0.394 e. The normalized spacial score (nSPS) is 16.9. The van der Waals surface area contributed by atoms with Crippen LogP contribution < -0.4 is 10.6 Å². The second kappa shape index (κ2) is 11.9. The Hall–Kier alpha value is -3.60. The van der Waals surface area contributed by atoms with E-state index in [1.165, 1.54) is 17.2 Å². The molecule has 0 radical (unpaired) electrons. The quantitative estimate of drug-likeness (QED) is 0.376. The molecule has 2 amide bonds.